The third kappa shape index (κ3) is 2.94. The third-order valence-corrected chi connectivity index (χ3v) is 3.96. The van der Waals surface area contributed by atoms with Crippen LogP contribution in [0.15, 0.2) is 18.7 Å². The zero-order chi connectivity index (χ0) is 12.1. The predicted molar refractivity (Wildman–Crippen MR) is 66.0 cm³/mol. The maximum atomic E-state index is 11.8. The van der Waals surface area contributed by atoms with E-state index in [2.05, 4.69) is 15.3 Å². The highest BCUT2D eigenvalue weighted by Gasteiger charge is 2.33. The van der Waals surface area contributed by atoms with Gasteiger partial charge >= 0.3 is 0 Å². The number of carbonyl (C=O) groups excluding carboxylic acids is 1. The summed E-state index contributed by atoms with van der Waals surface area (Å²) in [5.74, 6) is 0.487. The van der Waals surface area contributed by atoms with Crippen LogP contribution in [0, 0.1) is 5.41 Å². The van der Waals surface area contributed by atoms with Crippen molar-refractivity contribution in [3.63, 3.8) is 0 Å². The molecule has 1 aromatic rings. The standard InChI is InChI=1S/C12H16ClN3O/c13-7-12(3-1-2-4-12)8-16-11(17)10-5-14-9-15-6-10/h5-6,9H,1-4,7-8H2,(H,16,17). The molecule has 17 heavy (non-hydrogen) atoms. The molecule has 1 N–H and O–H groups in total. The van der Waals surface area contributed by atoms with Gasteiger partial charge in [0.2, 0.25) is 0 Å². The van der Waals surface area contributed by atoms with E-state index >= 15 is 0 Å². The largest absolute Gasteiger partial charge is 0.351 e. The summed E-state index contributed by atoms with van der Waals surface area (Å²) >= 11 is 6.02. The van der Waals surface area contributed by atoms with E-state index < -0.39 is 0 Å². The molecule has 2 rings (SSSR count). The Morgan fingerprint density at radius 3 is 2.59 bits per heavy atom. The van der Waals surface area contributed by atoms with Gasteiger partial charge in [-0.15, -0.1) is 11.6 Å². The van der Waals surface area contributed by atoms with Crippen LogP contribution in [0.5, 0.6) is 0 Å². The second kappa shape index (κ2) is 5.45. The minimum atomic E-state index is -0.123. The highest BCUT2D eigenvalue weighted by Crippen LogP contribution is 2.38. The van der Waals surface area contributed by atoms with Crippen molar-refractivity contribution < 1.29 is 4.79 Å². The van der Waals surface area contributed by atoms with Crippen LogP contribution >= 0.6 is 11.6 Å². The van der Waals surface area contributed by atoms with Crippen LogP contribution in [0.25, 0.3) is 0 Å². The first-order valence-corrected chi connectivity index (χ1v) is 6.38. The van der Waals surface area contributed by atoms with Crippen molar-refractivity contribution in [2.75, 3.05) is 12.4 Å². The molecule has 1 aromatic heterocycles. The Bertz CT molecular complexity index is 377. The van der Waals surface area contributed by atoms with Crippen molar-refractivity contribution in [3.05, 3.63) is 24.3 Å². The number of nitrogens with zero attached hydrogens (tertiary/aromatic N) is 2. The molecule has 0 atom stereocenters. The Morgan fingerprint density at radius 1 is 1.35 bits per heavy atom. The van der Waals surface area contributed by atoms with Crippen molar-refractivity contribution in [1.82, 2.24) is 15.3 Å². The number of hydrogen-bond donors (Lipinski definition) is 1. The first-order valence-electron chi connectivity index (χ1n) is 5.85. The van der Waals surface area contributed by atoms with E-state index in [0.717, 1.165) is 12.8 Å². The van der Waals surface area contributed by atoms with E-state index in [9.17, 15) is 4.79 Å². The zero-order valence-electron chi connectivity index (χ0n) is 9.66. The SMILES string of the molecule is O=C(NCC1(CCl)CCCC1)c1cncnc1. The van der Waals surface area contributed by atoms with Crippen LogP contribution in [-0.4, -0.2) is 28.3 Å². The fourth-order valence-electron chi connectivity index (χ4n) is 2.27. The number of rotatable bonds is 4. The second-order valence-corrected chi connectivity index (χ2v) is 4.92. The van der Waals surface area contributed by atoms with Crippen LogP contribution in [0.3, 0.4) is 0 Å². The molecule has 0 bridgehead atoms. The van der Waals surface area contributed by atoms with Gasteiger partial charge in [-0.25, -0.2) is 9.97 Å². The molecule has 1 aliphatic carbocycles. The highest BCUT2D eigenvalue weighted by atomic mass is 35.5. The van der Waals surface area contributed by atoms with Gasteiger partial charge in [-0.05, 0) is 12.8 Å². The summed E-state index contributed by atoms with van der Waals surface area (Å²) in [7, 11) is 0. The minimum absolute atomic E-state index is 0.0901. The molecule has 0 aromatic carbocycles. The molecular weight excluding hydrogens is 238 g/mol. The summed E-state index contributed by atoms with van der Waals surface area (Å²) < 4.78 is 0. The first kappa shape index (κ1) is 12.3. The molecule has 0 radical (unpaired) electrons. The van der Waals surface area contributed by atoms with E-state index in [-0.39, 0.29) is 11.3 Å². The van der Waals surface area contributed by atoms with Gasteiger partial charge in [-0.1, -0.05) is 12.8 Å². The quantitative estimate of drug-likeness (QED) is 0.835. The lowest BCUT2D eigenvalue weighted by molar-refractivity contribution is 0.0934. The summed E-state index contributed by atoms with van der Waals surface area (Å²) in [4.78, 5) is 19.5. The number of alkyl halides is 1. The summed E-state index contributed by atoms with van der Waals surface area (Å²) in [6, 6.07) is 0. The molecule has 0 spiro atoms. The molecule has 1 fully saturated rings. The average molecular weight is 254 g/mol. The molecule has 0 aliphatic heterocycles. The van der Waals surface area contributed by atoms with Crippen LogP contribution in [0.1, 0.15) is 36.0 Å². The number of carbonyl (C=O) groups is 1. The molecule has 4 nitrogen and oxygen atoms in total. The highest BCUT2D eigenvalue weighted by molar-refractivity contribution is 6.18. The lowest BCUT2D eigenvalue weighted by atomic mass is 9.88. The second-order valence-electron chi connectivity index (χ2n) is 4.65. The van der Waals surface area contributed by atoms with Gasteiger partial charge in [0, 0.05) is 30.2 Å². The monoisotopic (exact) mass is 253 g/mol. The Balaban J connectivity index is 1.92. The van der Waals surface area contributed by atoms with E-state index in [0.29, 0.717) is 18.0 Å². The van der Waals surface area contributed by atoms with E-state index in [1.165, 1.54) is 31.6 Å². The fourth-order valence-corrected chi connectivity index (χ4v) is 2.63. The van der Waals surface area contributed by atoms with Crippen LogP contribution in [0.2, 0.25) is 0 Å². The van der Waals surface area contributed by atoms with Gasteiger partial charge in [-0.3, -0.25) is 4.79 Å². The lowest BCUT2D eigenvalue weighted by Crippen LogP contribution is -2.37. The predicted octanol–water partition coefficient (Wildman–Crippen LogP) is 2.01. The molecule has 1 amide bonds. The number of aromatic nitrogens is 2. The summed E-state index contributed by atoms with van der Waals surface area (Å²) in [5.41, 5.74) is 0.586. The van der Waals surface area contributed by atoms with Crippen molar-refractivity contribution in [1.29, 1.82) is 0 Å². The van der Waals surface area contributed by atoms with Crippen LogP contribution < -0.4 is 5.32 Å². The van der Waals surface area contributed by atoms with E-state index in [1.807, 2.05) is 0 Å². The maximum absolute atomic E-state index is 11.8. The van der Waals surface area contributed by atoms with Crippen LogP contribution in [0.4, 0.5) is 0 Å². The molecule has 0 unspecified atom stereocenters. The van der Waals surface area contributed by atoms with Gasteiger partial charge < -0.3 is 5.32 Å². The summed E-state index contributed by atoms with van der Waals surface area (Å²) in [6.45, 7) is 0.643. The summed E-state index contributed by atoms with van der Waals surface area (Å²) in [6.07, 6.45) is 9.06. The average Bonchev–Trinajstić information content (AvgIpc) is 2.86. The van der Waals surface area contributed by atoms with Crippen molar-refractivity contribution in [2.24, 2.45) is 5.41 Å². The molecule has 5 heteroatoms. The first-order chi connectivity index (χ1) is 8.26. The number of amides is 1. The van der Waals surface area contributed by atoms with Crippen LogP contribution in [-0.2, 0) is 0 Å². The molecule has 1 saturated carbocycles. The normalized spacial score (nSPS) is 17.9. The van der Waals surface area contributed by atoms with Gasteiger partial charge in [0.25, 0.3) is 5.91 Å². The Morgan fingerprint density at radius 2 is 2.00 bits per heavy atom. The van der Waals surface area contributed by atoms with Gasteiger partial charge in [-0.2, -0.15) is 0 Å². The summed E-state index contributed by atoms with van der Waals surface area (Å²) in [5, 5.41) is 2.93. The number of hydrogen-bond acceptors (Lipinski definition) is 3. The van der Waals surface area contributed by atoms with Crippen molar-refractivity contribution in [2.45, 2.75) is 25.7 Å². The molecule has 92 valence electrons. The van der Waals surface area contributed by atoms with Crippen molar-refractivity contribution >= 4 is 17.5 Å². The molecule has 1 aliphatic rings. The molecule has 0 saturated heterocycles. The lowest BCUT2D eigenvalue weighted by Gasteiger charge is -2.26. The maximum Gasteiger partial charge on any atom is 0.254 e. The Labute approximate surface area is 106 Å². The van der Waals surface area contributed by atoms with E-state index in [4.69, 9.17) is 11.6 Å². The fraction of sp³-hybridized carbons (Fsp3) is 0.583. The Kier molecular flexibility index (Phi) is 3.94. The van der Waals surface area contributed by atoms with Gasteiger partial charge in [0.1, 0.15) is 6.33 Å². The smallest absolute Gasteiger partial charge is 0.254 e. The molecule has 1 heterocycles. The Hall–Kier alpha value is -1.16. The third-order valence-electron chi connectivity index (χ3n) is 3.39. The van der Waals surface area contributed by atoms with Gasteiger partial charge in [0.15, 0.2) is 0 Å². The minimum Gasteiger partial charge on any atom is -0.351 e. The van der Waals surface area contributed by atoms with Gasteiger partial charge in [0.05, 0.1) is 5.56 Å². The van der Waals surface area contributed by atoms with E-state index in [1.54, 1.807) is 0 Å². The molecular formula is C12H16ClN3O. The van der Waals surface area contributed by atoms with Crippen molar-refractivity contribution in [3.8, 4) is 0 Å². The topological polar surface area (TPSA) is 54.9 Å². The zero-order valence-corrected chi connectivity index (χ0v) is 10.4. The number of nitrogens with one attached hydrogen (secondary N) is 1. The number of halogens is 1.